The van der Waals surface area contributed by atoms with Gasteiger partial charge in [0.15, 0.2) is 6.29 Å². The first-order valence-electron chi connectivity index (χ1n) is 4.76. The predicted octanol–water partition coefficient (Wildman–Crippen LogP) is -1.97. The molecule has 0 spiro atoms. The van der Waals surface area contributed by atoms with Crippen LogP contribution in [-0.4, -0.2) is 36.7 Å². The van der Waals surface area contributed by atoms with Gasteiger partial charge in [0.25, 0.3) is 0 Å². The third-order valence-corrected chi connectivity index (χ3v) is 2.28. The van der Waals surface area contributed by atoms with Crippen molar-refractivity contribution in [2.45, 2.75) is 50.6 Å². The van der Waals surface area contributed by atoms with Crippen molar-refractivity contribution in [1.82, 2.24) is 0 Å². The first-order chi connectivity index (χ1) is 6.43. The first kappa shape index (κ1) is 11.8. The Labute approximate surface area is 83.9 Å². The van der Waals surface area contributed by atoms with E-state index in [-0.39, 0.29) is 6.10 Å². The Kier molecular flexibility index (Phi) is 3.82. The lowest BCUT2D eigenvalue weighted by atomic mass is 9.97. The van der Waals surface area contributed by atoms with E-state index in [0.29, 0.717) is 0 Å². The maximum Gasteiger partial charge on any atom is 0.176 e. The second-order valence-electron chi connectivity index (χ2n) is 3.89. The fourth-order valence-electron chi connectivity index (χ4n) is 1.38. The molecule has 1 aliphatic rings. The van der Waals surface area contributed by atoms with Crippen molar-refractivity contribution in [3.63, 3.8) is 0 Å². The van der Waals surface area contributed by atoms with Gasteiger partial charge < -0.3 is 32.4 Å². The zero-order valence-corrected chi connectivity index (χ0v) is 8.59. The summed E-state index contributed by atoms with van der Waals surface area (Å²) in [6.45, 7) is 3.78. The van der Waals surface area contributed by atoms with Crippen molar-refractivity contribution in [3.05, 3.63) is 0 Å². The number of rotatable bonds is 2. The fraction of sp³-hybridized carbons (Fsp3) is 1.00. The third kappa shape index (κ3) is 2.41. The molecule has 5 atom stereocenters. The lowest BCUT2D eigenvalue weighted by molar-refractivity contribution is -0.223. The van der Waals surface area contributed by atoms with E-state index in [1.807, 2.05) is 13.8 Å². The van der Waals surface area contributed by atoms with Crippen LogP contribution in [-0.2, 0) is 9.47 Å². The van der Waals surface area contributed by atoms with Gasteiger partial charge in [-0.15, -0.1) is 0 Å². The molecule has 8 N–H and O–H groups in total. The van der Waals surface area contributed by atoms with Crippen LogP contribution in [0.2, 0.25) is 0 Å². The molecule has 0 saturated carbocycles. The number of ether oxygens (including phenoxy) is 2. The monoisotopic (exact) mass is 204 g/mol. The standard InChI is InChI=1S/C8H20N4O2/c1-3(2)13-8-6(11)4(9)5(10)7(12)14-8/h3-8H,9-12H2,1-2H3. The number of hydrogen-bond donors (Lipinski definition) is 4. The van der Waals surface area contributed by atoms with Gasteiger partial charge in [-0.1, -0.05) is 0 Å². The van der Waals surface area contributed by atoms with Crippen LogP contribution in [0, 0.1) is 0 Å². The maximum atomic E-state index is 5.81. The molecule has 14 heavy (non-hydrogen) atoms. The zero-order chi connectivity index (χ0) is 10.9. The third-order valence-electron chi connectivity index (χ3n) is 2.28. The molecule has 0 amide bonds. The van der Waals surface area contributed by atoms with E-state index in [0.717, 1.165) is 0 Å². The van der Waals surface area contributed by atoms with Gasteiger partial charge in [-0.25, -0.2) is 0 Å². The quantitative estimate of drug-likeness (QED) is 0.414. The van der Waals surface area contributed by atoms with Crippen molar-refractivity contribution >= 4 is 0 Å². The molecule has 0 aromatic carbocycles. The molecular weight excluding hydrogens is 184 g/mol. The first-order valence-corrected chi connectivity index (χ1v) is 4.76. The normalized spacial score (nSPS) is 44.4. The molecule has 1 heterocycles. The minimum atomic E-state index is -0.617. The summed E-state index contributed by atoms with van der Waals surface area (Å²) in [5.74, 6) is 0. The molecule has 84 valence electrons. The average molecular weight is 204 g/mol. The molecule has 5 unspecified atom stereocenters. The van der Waals surface area contributed by atoms with Gasteiger partial charge in [0.2, 0.25) is 0 Å². The van der Waals surface area contributed by atoms with Gasteiger partial charge in [-0.05, 0) is 13.8 Å². The molecule has 6 nitrogen and oxygen atoms in total. The number of hydrogen-bond acceptors (Lipinski definition) is 6. The largest absolute Gasteiger partial charge is 0.348 e. The van der Waals surface area contributed by atoms with Gasteiger partial charge in [0, 0.05) is 6.04 Å². The Hall–Kier alpha value is -0.240. The van der Waals surface area contributed by atoms with Gasteiger partial charge in [0.05, 0.1) is 18.2 Å². The highest BCUT2D eigenvalue weighted by Crippen LogP contribution is 2.16. The van der Waals surface area contributed by atoms with E-state index in [4.69, 9.17) is 32.4 Å². The van der Waals surface area contributed by atoms with E-state index in [1.165, 1.54) is 0 Å². The van der Waals surface area contributed by atoms with Crippen LogP contribution in [0.5, 0.6) is 0 Å². The molecule has 6 heteroatoms. The van der Waals surface area contributed by atoms with Crippen LogP contribution >= 0.6 is 0 Å². The molecular formula is C8H20N4O2. The lowest BCUT2D eigenvalue weighted by Crippen LogP contribution is -2.70. The lowest BCUT2D eigenvalue weighted by Gasteiger charge is -2.41. The van der Waals surface area contributed by atoms with Gasteiger partial charge in [-0.3, -0.25) is 0 Å². The van der Waals surface area contributed by atoms with E-state index in [2.05, 4.69) is 0 Å². The van der Waals surface area contributed by atoms with Crippen molar-refractivity contribution in [2.75, 3.05) is 0 Å². The predicted molar refractivity (Wildman–Crippen MR) is 53.0 cm³/mol. The summed E-state index contributed by atoms with van der Waals surface area (Å²) in [5.41, 5.74) is 22.9. The SMILES string of the molecule is CC(C)OC1OC(N)C(N)C(N)C1N. The molecule has 0 aromatic rings. The van der Waals surface area contributed by atoms with Crippen molar-refractivity contribution in [3.8, 4) is 0 Å². The van der Waals surface area contributed by atoms with Gasteiger partial charge in [0.1, 0.15) is 6.23 Å². The van der Waals surface area contributed by atoms with E-state index < -0.39 is 30.6 Å². The van der Waals surface area contributed by atoms with Crippen molar-refractivity contribution < 1.29 is 9.47 Å². The summed E-state index contributed by atoms with van der Waals surface area (Å²) in [4.78, 5) is 0. The average Bonchev–Trinajstić information content (AvgIpc) is 2.10. The Morgan fingerprint density at radius 2 is 1.57 bits per heavy atom. The second-order valence-corrected chi connectivity index (χ2v) is 3.89. The van der Waals surface area contributed by atoms with Crippen LogP contribution in [0.4, 0.5) is 0 Å². The van der Waals surface area contributed by atoms with Crippen molar-refractivity contribution in [2.24, 2.45) is 22.9 Å². The smallest absolute Gasteiger partial charge is 0.176 e. The molecule has 1 aliphatic heterocycles. The van der Waals surface area contributed by atoms with Crippen LogP contribution in [0.1, 0.15) is 13.8 Å². The summed E-state index contributed by atoms with van der Waals surface area (Å²) in [7, 11) is 0. The van der Waals surface area contributed by atoms with Crippen molar-refractivity contribution in [1.29, 1.82) is 0 Å². The molecule has 0 aromatic heterocycles. The van der Waals surface area contributed by atoms with Crippen LogP contribution in [0.25, 0.3) is 0 Å². The van der Waals surface area contributed by atoms with E-state index in [1.54, 1.807) is 0 Å². The van der Waals surface area contributed by atoms with Crippen LogP contribution in [0.15, 0.2) is 0 Å². The Bertz CT molecular complexity index is 190. The summed E-state index contributed by atoms with van der Waals surface area (Å²) < 4.78 is 10.7. The summed E-state index contributed by atoms with van der Waals surface area (Å²) >= 11 is 0. The highest BCUT2D eigenvalue weighted by molar-refractivity contribution is 4.95. The molecule has 0 radical (unpaired) electrons. The summed E-state index contributed by atoms with van der Waals surface area (Å²) in [6.07, 6.45) is -1.17. The Morgan fingerprint density at radius 1 is 1.00 bits per heavy atom. The molecule has 1 fully saturated rings. The van der Waals surface area contributed by atoms with Crippen LogP contribution < -0.4 is 22.9 Å². The van der Waals surface area contributed by atoms with Gasteiger partial charge in [-0.2, -0.15) is 0 Å². The fourth-order valence-corrected chi connectivity index (χ4v) is 1.38. The maximum absolute atomic E-state index is 5.81. The number of nitrogens with two attached hydrogens (primary N) is 4. The highest BCUT2D eigenvalue weighted by Gasteiger charge is 2.39. The van der Waals surface area contributed by atoms with E-state index >= 15 is 0 Å². The topological polar surface area (TPSA) is 123 Å². The molecule has 0 bridgehead atoms. The Morgan fingerprint density at radius 3 is 2.07 bits per heavy atom. The molecule has 1 rings (SSSR count). The zero-order valence-electron chi connectivity index (χ0n) is 8.59. The van der Waals surface area contributed by atoms with Gasteiger partial charge >= 0.3 is 0 Å². The minimum absolute atomic E-state index is 0.0137. The second kappa shape index (κ2) is 4.52. The van der Waals surface area contributed by atoms with E-state index in [9.17, 15) is 0 Å². The van der Waals surface area contributed by atoms with Crippen LogP contribution in [0.3, 0.4) is 0 Å². The minimum Gasteiger partial charge on any atom is -0.348 e. The summed E-state index contributed by atoms with van der Waals surface area (Å²) in [6, 6.07) is -1.29. The molecule has 0 aliphatic carbocycles. The Balaban J connectivity index is 2.60. The highest BCUT2D eigenvalue weighted by atomic mass is 16.7. The molecule has 1 saturated heterocycles. The summed E-state index contributed by atoms with van der Waals surface area (Å²) in [5, 5.41) is 0.